The van der Waals surface area contributed by atoms with E-state index in [0.717, 1.165) is 18.2 Å². The van der Waals surface area contributed by atoms with Crippen LogP contribution in [0.3, 0.4) is 0 Å². The SMILES string of the molecule is O=C(O)CC1(c2cc(F)ccc2[N+](=O)[O-])CC1. The van der Waals surface area contributed by atoms with Gasteiger partial charge in [0.25, 0.3) is 5.69 Å². The summed E-state index contributed by atoms with van der Waals surface area (Å²) in [4.78, 5) is 21.0. The molecule has 17 heavy (non-hydrogen) atoms. The van der Waals surface area contributed by atoms with Gasteiger partial charge in [-0.1, -0.05) is 0 Å². The molecule has 0 radical (unpaired) electrons. The van der Waals surface area contributed by atoms with Crippen LogP contribution in [0.1, 0.15) is 24.8 Å². The Morgan fingerprint density at radius 1 is 1.53 bits per heavy atom. The molecule has 90 valence electrons. The molecular formula is C11H10FNO4. The van der Waals surface area contributed by atoms with Crippen LogP contribution in [0.25, 0.3) is 0 Å². The number of hydrogen-bond donors (Lipinski definition) is 1. The minimum absolute atomic E-state index is 0.197. The summed E-state index contributed by atoms with van der Waals surface area (Å²) in [5, 5.41) is 19.6. The molecule has 2 rings (SSSR count). The van der Waals surface area contributed by atoms with E-state index in [0.29, 0.717) is 12.8 Å². The number of carbonyl (C=O) groups is 1. The molecule has 0 amide bonds. The first-order chi connectivity index (χ1) is 7.94. The molecule has 1 aromatic rings. The first kappa shape index (κ1) is 11.5. The maximum absolute atomic E-state index is 13.1. The maximum atomic E-state index is 13.1. The standard InChI is InChI=1S/C11H10FNO4/c12-7-1-2-9(13(16)17)8(5-7)11(3-4-11)6-10(14)15/h1-2,5H,3-4,6H2,(H,14,15). The van der Waals surface area contributed by atoms with Crippen molar-refractivity contribution in [2.24, 2.45) is 0 Å². The number of halogens is 1. The van der Waals surface area contributed by atoms with E-state index in [4.69, 9.17) is 5.11 Å². The molecule has 0 aromatic heterocycles. The Morgan fingerprint density at radius 2 is 2.18 bits per heavy atom. The Kier molecular flexibility index (Phi) is 2.57. The number of nitro groups is 1. The van der Waals surface area contributed by atoms with Crippen molar-refractivity contribution >= 4 is 11.7 Å². The van der Waals surface area contributed by atoms with Crippen molar-refractivity contribution in [2.45, 2.75) is 24.7 Å². The van der Waals surface area contributed by atoms with E-state index in [-0.39, 0.29) is 17.7 Å². The summed E-state index contributed by atoms with van der Waals surface area (Å²) in [5.74, 6) is -1.61. The molecule has 0 atom stereocenters. The van der Waals surface area contributed by atoms with Crippen molar-refractivity contribution in [2.75, 3.05) is 0 Å². The number of hydrogen-bond acceptors (Lipinski definition) is 3. The summed E-state index contributed by atoms with van der Waals surface area (Å²) >= 11 is 0. The van der Waals surface area contributed by atoms with Crippen molar-refractivity contribution in [3.05, 3.63) is 39.7 Å². The van der Waals surface area contributed by atoms with Crippen molar-refractivity contribution in [1.82, 2.24) is 0 Å². The normalized spacial score (nSPS) is 16.5. The second kappa shape index (κ2) is 3.80. The Morgan fingerprint density at radius 3 is 2.65 bits per heavy atom. The summed E-state index contributed by atoms with van der Waals surface area (Å²) < 4.78 is 13.1. The van der Waals surface area contributed by atoms with Crippen LogP contribution in [0, 0.1) is 15.9 Å². The van der Waals surface area contributed by atoms with Crippen LogP contribution in [0.2, 0.25) is 0 Å². The van der Waals surface area contributed by atoms with Gasteiger partial charge >= 0.3 is 5.97 Å². The summed E-state index contributed by atoms with van der Waals surface area (Å²) in [6.45, 7) is 0. The zero-order chi connectivity index (χ0) is 12.6. The largest absolute Gasteiger partial charge is 0.481 e. The van der Waals surface area contributed by atoms with E-state index in [9.17, 15) is 19.3 Å². The number of nitrogens with zero attached hydrogens (tertiary/aromatic N) is 1. The van der Waals surface area contributed by atoms with E-state index in [1.165, 1.54) is 0 Å². The van der Waals surface area contributed by atoms with Gasteiger partial charge < -0.3 is 5.11 Å². The van der Waals surface area contributed by atoms with Gasteiger partial charge in [0.05, 0.1) is 11.3 Å². The molecule has 1 saturated carbocycles. The van der Waals surface area contributed by atoms with Crippen LogP contribution in [0.4, 0.5) is 10.1 Å². The summed E-state index contributed by atoms with van der Waals surface area (Å²) in [7, 11) is 0. The Labute approximate surface area is 96.0 Å². The molecule has 0 heterocycles. The fourth-order valence-electron chi connectivity index (χ4n) is 2.07. The minimum atomic E-state index is -1.03. The molecule has 1 fully saturated rings. The average molecular weight is 239 g/mol. The lowest BCUT2D eigenvalue weighted by Gasteiger charge is -2.13. The number of benzene rings is 1. The fraction of sp³-hybridized carbons (Fsp3) is 0.364. The summed E-state index contributed by atoms with van der Waals surface area (Å²) in [6, 6.07) is 3.18. The Hall–Kier alpha value is -1.98. The molecule has 6 heteroatoms. The van der Waals surface area contributed by atoms with E-state index >= 15 is 0 Å². The monoisotopic (exact) mass is 239 g/mol. The van der Waals surface area contributed by atoms with Crippen molar-refractivity contribution in [3.8, 4) is 0 Å². The Bertz CT molecular complexity index is 496. The number of nitro benzene ring substituents is 1. The van der Waals surface area contributed by atoms with Crippen LogP contribution in [-0.2, 0) is 10.2 Å². The molecule has 1 aliphatic carbocycles. The first-order valence-corrected chi connectivity index (χ1v) is 5.11. The van der Waals surface area contributed by atoms with E-state index in [1.807, 2.05) is 0 Å². The molecule has 1 aliphatic rings. The molecule has 1 N–H and O–H groups in total. The lowest BCUT2D eigenvalue weighted by atomic mass is 9.91. The smallest absolute Gasteiger partial charge is 0.304 e. The molecule has 0 bridgehead atoms. The highest BCUT2D eigenvalue weighted by Gasteiger charge is 2.49. The molecular weight excluding hydrogens is 229 g/mol. The fourth-order valence-corrected chi connectivity index (χ4v) is 2.07. The maximum Gasteiger partial charge on any atom is 0.304 e. The van der Waals surface area contributed by atoms with E-state index in [2.05, 4.69) is 0 Å². The first-order valence-electron chi connectivity index (χ1n) is 5.11. The number of carboxylic acids is 1. The van der Waals surface area contributed by atoms with Gasteiger partial charge in [0.1, 0.15) is 5.82 Å². The molecule has 5 nitrogen and oxygen atoms in total. The van der Waals surface area contributed by atoms with Crippen molar-refractivity contribution in [3.63, 3.8) is 0 Å². The van der Waals surface area contributed by atoms with Gasteiger partial charge in [0.15, 0.2) is 0 Å². The summed E-state index contributed by atoms with van der Waals surface area (Å²) in [6.07, 6.45) is 0.893. The van der Waals surface area contributed by atoms with Crippen molar-refractivity contribution < 1.29 is 19.2 Å². The minimum Gasteiger partial charge on any atom is -0.481 e. The quantitative estimate of drug-likeness (QED) is 0.645. The van der Waals surface area contributed by atoms with E-state index < -0.39 is 22.1 Å². The van der Waals surface area contributed by atoms with Gasteiger partial charge in [-0.15, -0.1) is 0 Å². The highest BCUT2D eigenvalue weighted by Crippen LogP contribution is 2.53. The highest BCUT2D eigenvalue weighted by molar-refractivity contribution is 5.71. The van der Waals surface area contributed by atoms with Gasteiger partial charge in [-0.05, 0) is 25.0 Å². The third-order valence-corrected chi connectivity index (χ3v) is 3.07. The van der Waals surface area contributed by atoms with Crippen LogP contribution >= 0.6 is 0 Å². The number of aliphatic carboxylic acids is 1. The van der Waals surface area contributed by atoms with Gasteiger partial charge in [-0.25, -0.2) is 4.39 Å². The molecule has 0 saturated heterocycles. The molecule has 0 unspecified atom stereocenters. The van der Waals surface area contributed by atoms with Crippen LogP contribution in [-0.4, -0.2) is 16.0 Å². The van der Waals surface area contributed by atoms with Gasteiger partial charge in [-0.2, -0.15) is 0 Å². The number of rotatable bonds is 4. The third-order valence-electron chi connectivity index (χ3n) is 3.07. The van der Waals surface area contributed by atoms with Crippen LogP contribution in [0.15, 0.2) is 18.2 Å². The number of carboxylic acid groups (broad SMARTS) is 1. The second-order valence-corrected chi connectivity index (χ2v) is 4.27. The predicted octanol–water partition coefficient (Wildman–Crippen LogP) is 2.24. The molecule has 0 aliphatic heterocycles. The third kappa shape index (κ3) is 2.11. The molecule has 1 aromatic carbocycles. The summed E-state index contributed by atoms with van der Waals surface area (Å²) in [5.41, 5.74) is -0.758. The zero-order valence-corrected chi connectivity index (χ0v) is 8.85. The zero-order valence-electron chi connectivity index (χ0n) is 8.85. The second-order valence-electron chi connectivity index (χ2n) is 4.27. The Balaban J connectivity index is 2.47. The lowest BCUT2D eigenvalue weighted by Crippen LogP contribution is -2.15. The van der Waals surface area contributed by atoms with Gasteiger partial charge in [0.2, 0.25) is 0 Å². The predicted molar refractivity (Wildman–Crippen MR) is 56.2 cm³/mol. The van der Waals surface area contributed by atoms with Crippen molar-refractivity contribution in [1.29, 1.82) is 0 Å². The lowest BCUT2D eigenvalue weighted by molar-refractivity contribution is -0.385. The average Bonchev–Trinajstić information content (AvgIpc) is 2.97. The molecule has 0 spiro atoms. The topological polar surface area (TPSA) is 80.4 Å². The van der Waals surface area contributed by atoms with E-state index in [1.54, 1.807) is 0 Å². The van der Waals surface area contributed by atoms with Gasteiger partial charge in [0, 0.05) is 17.0 Å². The van der Waals surface area contributed by atoms with Crippen LogP contribution < -0.4 is 0 Å². The van der Waals surface area contributed by atoms with Gasteiger partial charge in [-0.3, -0.25) is 14.9 Å². The van der Waals surface area contributed by atoms with Crippen LogP contribution in [0.5, 0.6) is 0 Å². The highest BCUT2D eigenvalue weighted by atomic mass is 19.1.